The molecule has 0 bridgehead atoms. The molecule has 0 saturated carbocycles. The molecule has 0 spiro atoms. The Morgan fingerprint density at radius 1 is 0.214 bits per heavy atom. The van der Waals surface area contributed by atoms with Crippen molar-refractivity contribution in [3.63, 3.8) is 0 Å². The van der Waals surface area contributed by atoms with E-state index in [1.54, 1.807) is 4.26 Å². The number of benzene rings is 19. The fraction of sp³-hybridized carbons (Fsp3) is 0.215. The number of hydrogen-bond donors (Lipinski definition) is 0. The van der Waals surface area contributed by atoms with E-state index in [4.69, 9.17) is 0 Å². The van der Waals surface area contributed by atoms with Gasteiger partial charge >= 0.3 is 337 Å². The van der Waals surface area contributed by atoms with Gasteiger partial charge in [-0.15, -0.1) is 0 Å². The molecular weight excluding hydrogens is 1920 g/mol. The van der Waals surface area contributed by atoms with Crippen molar-refractivity contribution in [2.75, 3.05) is 0 Å². The molecule has 0 unspecified atom stereocenters. The zero-order chi connectivity index (χ0) is 98.6. The van der Waals surface area contributed by atoms with Crippen molar-refractivity contribution < 1.29 is 0 Å². The van der Waals surface area contributed by atoms with Crippen LogP contribution in [0.3, 0.4) is 0 Å². The summed E-state index contributed by atoms with van der Waals surface area (Å²) in [5.74, 6) is 0. The fourth-order valence-corrected chi connectivity index (χ4v) is 30.5. The van der Waals surface area contributed by atoms with E-state index in [2.05, 4.69) is 529 Å². The van der Waals surface area contributed by atoms with Gasteiger partial charge in [-0.1, -0.05) is 304 Å². The monoisotopic (exact) mass is 2050 g/mol. The molecule has 140 heavy (non-hydrogen) atoms. The Morgan fingerprint density at radius 3 is 1.09 bits per heavy atom. The molecule has 3 aromatic heterocycles. The van der Waals surface area contributed by atoms with Crippen molar-refractivity contribution in [3.8, 4) is 33.4 Å². The topological polar surface area (TPSA) is 0 Å². The van der Waals surface area contributed by atoms with Gasteiger partial charge in [-0.05, 0) is 195 Å². The minimum atomic E-state index is -0.0489. The van der Waals surface area contributed by atoms with Crippen LogP contribution < -0.4 is 0 Å². The van der Waals surface area contributed by atoms with E-state index in [-0.39, 0.29) is 32.5 Å². The molecule has 22 aromatic rings. The number of fused-ring (bicyclic) bond motifs is 17. The second kappa shape index (κ2) is 40.1. The molecule has 0 radical (unpaired) electrons. The molecule has 0 N–H and O–H groups in total. The van der Waals surface area contributed by atoms with Crippen molar-refractivity contribution in [1.82, 2.24) is 0 Å². The molecule has 0 amide bonds. The fourth-order valence-electron chi connectivity index (χ4n) is 19.8. The summed E-state index contributed by atoms with van der Waals surface area (Å²) < 4.78 is 9.19. The van der Waals surface area contributed by atoms with Crippen LogP contribution in [0.2, 0.25) is 0 Å². The van der Waals surface area contributed by atoms with E-state index in [0.717, 1.165) is 0 Å². The van der Waals surface area contributed by atoms with Crippen LogP contribution in [0.1, 0.15) is 194 Å². The normalized spacial score (nSPS) is 13.0. The summed E-state index contributed by atoms with van der Waals surface area (Å²) in [5.41, 5.74) is 29.9. The van der Waals surface area contributed by atoms with Gasteiger partial charge in [0.15, 0.2) is 0 Å². The van der Waals surface area contributed by atoms with E-state index in [1.165, 1.54) is 233 Å². The van der Waals surface area contributed by atoms with Gasteiger partial charge in [0.2, 0.25) is 0 Å². The van der Waals surface area contributed by atoms with Crippen LogP contribution in [-0.2, 0) is 32.5 Å². The van der Waals surface area contributed by atoms with Crippen molar-refractivity contribution in [3.05, 3.63) is 454 Å². The van der Waals surface area contributed by atoms with Gasteiger partial charge in [-0.25, -0.2) is 0 Å². The summed E-state index contributed by atoms with van der Waals surface area (Å²) >= 11 is 5.29. The van der Waals surface area contributed by atoms with E-state index >= 15 is 0 Å². The van der Waals surface area contributed by atoms with Gasteiger partial charge in [-0.2, -0.15) is 0 Å². The maximum absolute atomic E-state index is 2.48. The van der Waals surface area contributed by atoms with Crippen molar-refractivity contribution in [2.45, 2.75) is 211 Å². The molecule has 2 aliphatic rings. The first-order valence-corrected chi connectivity index (χ1v) is 56.2. The molecule has 5 heterocycles. The molecule has 0 fully saturated rings. The van der Waals surface area contributed by atoms with Crippen molar-refractivity contribution in [2.24, 2.45) is 0 Å². The Bertz CT molecular complexity index is 8350. The number of aryl methyl sites for hydroxylation is 7. The van der Waals surface area contributed by atoms with Crippen LogP contribution >= 0.6 is 23.5 Å². The SMILES string of the molecule is Cc1c2ccccc2cc2ccccc12.Cc1cc(C(C)(C)C)cc2c1Sc1c(-c3ccccc3)cc(C(C)(C)C)cc1C2(C)C.Cc1cc(C(C)(C)C)cc2c1Sc1ccc(C(C)(C)C)cc1C2(C)C.Cc1ccc(-c2cccc3c2[se]c2ccccc23)cc1.Cc1ccc2cc3ccccc3cc2c1.Cc1cccc(-c2cccc3c2[se]c2ccccc23)c1.Cc1cccc2c1[se]c1ccccc12. The van der Waals surface area contributed by atoms with E-state index in [0.29, 0.717) is 43.5 Å². The van der Waals surface area contributed by atoms with E-state index < -0.39 is 0 Å². The molecular formula is C135H130S2Se3. The predicted octanol–water partition coefficient (Wildman–Crippen LogP) is 38.4. The second-order valence-corrected chi connectivity index (χ2v) is 52.3. The zero-order valence-electron chi connectivity index (χ0n) is 85.8. The van der Waals surface area contributed by atoms with Gasteiger partial charge in [0.05, 0.1) is 0 Å². The summed E-state index contributed by atoms with van der Waals surface area (Å²) in [5, 5.41) is 19.3. The molecule has 700 valence electrons. The third kappa shape index (κ3) is 20.7. The van der Waals surface area contributed by atoms with Crippen molar-refractivity contribution in [1.29, 1.82) is 0 Å². The van der Waals surface area contributed by atoms with Crippen LogP contribution in [0.25, 0.3) is 134 Å². The average molecular weight is 2050 g/mol. The third-order valence-corrected chi connectivity index (χ3v) is 38.9. The Balaban J connectivity index is 0.000000110. The molecule has 2 aliphatic heterocycles. The molecule has 5 heteroatoms. The van der Waals surface area contributed by atoms with Gasteiger partial charge < -0.3 is 0 Å². The Hall–Kier alpha value is -11.5. The number of hydrogen-bond acceptors (Lipinski definition) is 2. The third-order valence-electron chi connectivity index (χ3n) is 28.3. The van der Waals surface area contributed by atoms with E-state index in [1.807, 2.05) is 23.5 Å². The second-order valence-electron chi connectivity index (χ2n) is 43.6. The molecule has 0 nitrogen and oxygen atoms in total. The predicted molar refractivity (Wildman–Crippen MR) is 621 cm³/mol. The first kappa shape index (κ1) is 98.7. The summed E-state index contributed by atoms with van der Waals surface area (Å²) in [6.07, 6.45) is 0. The van der Waals surface area contributed by atoms with Gasteiger partial charge in [-0.3, -0.25) is 0 Å². The summed E-state index contributed by atoms with van der Waals surface area (Å²) in [6, 6.07) is 136. The van der Waals surface area contributed by atoms with Crippen LogP contribution in [0.5, 0.6) is 0 Å². The standard InChI is InChI=1S/C30H36S.C24H32S.2C19H14Se.2C15H12.C13H10Se/c1-19-15-21(28(2,3)4)17-24-26(19)31-27-23(20-13-11-10-12-14-20)16-22(29(5,6)7)18-25(27)30(24,8)9;1-15-12-17(23(5,6)7)14-19-21(15)25-20-11-10-16(22(2,3)4)13-18(20)24(19,8)9;1-13-6-4-7-14(12-13)15-9-5-10-17-16-8-2-3-11-18(16)20-19(15)17;1-13-9-11-14(12-10-13)15-6-4-7-17-16-5-2-3-8-18(16)20-19(15)17;1-11-14-8-4-2-6-12(14)10-13-7-3-5-9-15(11)13;1-11-6-7-14-9-12-4-2-3-5-13(12)10-15(14)8-11;1-9-5-4-7-11-10-6-2-3-8-12(10)14-13(9)11/h10-18H,1-9H3;10-14H,1-9H3;2*2-12H,1H3;2*2-10H,1H3;2-8H,1H3. The van der Waals surface area contributed by atoms with Crippen LogP contribution in [0, 0.1) is 48.5 Å². The van der Waals surface area contributed by atoms with Gasteiger partial charge in [0.1, 0.15) is 0 Å². The Morgan fingerprint density at radius 2 is 0.579 bits per heavy atom. The van der Waals surface area contributed by atoms with Crippen LogP contribution in [0.15, 0.2) is 390 Å². The van der Waals surface area contributed by atoms with Gasteiger partial charge in [0, 0.05) is 30.4 Å². The number of rotatable bonds is 3. The van der Waals surface area contributed by atoms with Crippen molar-refractivity contribution >= 4 is 168 Å². The van der Waals surface area contributed by atoms with E-state index in [9.17, 15) is 0 Å². The quantitative estimate of drug-likeness (QED) is 0.128. The molecule has 24 rings (SSSR count). The molecule has 0 atom stereocenters. The summed E-state index contributed by atoms with van der Waals surface area (Å²) in [7, 11) is 0. The van der Waals surface area contributed by atoms with Crippen LogP contribution in [-0.4, -0.2) is 43.5 Å². The first-order chi connectivity index (χ1) is 66.8. The van der Waals surface area contributed by atoms with Gasteiger partial charge in [0.25, 0.3) is 0 Å². The summed E-state index contributed by atoms with van der Waals surface area (Å²) in [6.45, 7) is 52.7. The first-order valence-electron chi connectivity index (χ1n) is 49.5. The Kier molecular flexibility index (Phi) is 28.3. The van der Waals surface area contributed by atoms with Crippen LogP contribution in [0.4, 0.5) is 0 Å². The zero-order valence-corrected chi connectivity index (χ0v) is 92.5. The molecule has 19 aromatic carbocycles. The molecule has 0 aliphatic carbocycles. The average Bonchev–Trinajstić information content (AvgIpc) is 0.739. The minimum absolute atomic E-state index is 0.0309. The molecule has 0 saturated heterocycles. The Labute approximate surface area is 858 Å². The summed E-state index contributed by atoms with van der Waals surface area (Å²) in [4.78, 5) is 5.72. The maximum atomic E-state index is 2.48.